The van der Waals surface area contributed by atoms with E-state index in [2.05, 4.69) is 5.32 Å². The van der Waals surface area contributed by atoms with Crippen LogP contribution in [0, 0.1) is 17.8 Å². The summed E-state index contributed by atoms with van der Waals surface area (Å²) in [7, 11) is 0. The summed E-state index contributed by atoms with van der Waals surface area (Å²) >= 11 is 0. The zero-order valence-corrected chi connectivity index (χ0v) is 11.8. The lowest BCUT2D eigenvalue weighted by Crippen LogP contribution is -2.52. The van der Waals surface area contributed by atoms with Crippen molar-refractivity contribution in [3.8, 4) is 0 Å². The molecule has 3 saturated carbocycles. The first-order valence-corrected chi connectivity index (χ1v) is 7.24. The number of nitrogens with one attached hydrogen (secondary N) is 1. The van der Waals surface area contributed by atoms with Gasteiger partial charge in [-0.25, -0.2) is 0 Å². The van der Waals surface area contributed by atoms with Gasteiger partial charge in [0.05, 0.1) is 5.54 Å². The van der Waals surface area contributed by atoms with Crippen LogP contribution in [0.15, 0.2) is 0 Å². The lowest BCUT2D eigenvalue weighted by Gasteiger charge is -2.26. The van der Waals surface area contributed by atoms with E-state index in [1.54, 1.807) is 0 Å². The minimum absolute atomic E-state index is 0. The standard InChI is InChI=1S/C14H24N2O.ClH/c15-14(5-1-2-6-14)13(17)16-9-12-8-10-3-4-11(12)7-10;/h10-12H,1-9,15H2,(H,16,17);1H. The van der Waals surface area contributed by atoms with Crippen LogP contribution in [0.5, 0.6) is 0 Å². The first-order chi connectivity index (χ1) is 8.17. The summed E-state index contributed by atoms with van der Waals surface area (Å²) in [5.41, 5.74) is 5.61. The fraction of sp³-hybridized carbons (Fsp3) is 0.929. The molecule has 0 aliphatic heterocycles. The quantitative estimate of drug-likeness (QED) is 0.828. The fourth-order valence-corrected chi connectivity index (χ4v) is 4.26. The van der Waals surface area contributed by atoms with Crippen molar-refractivity contribution in [3.63, 3.8) is 0 Å². The number of carbonyl (C=O) groups excluding carboxylic acids is 1. The van der Waals surface area contributed by atoms with E-state index in [1.165, 1.54) is 25.7 Å². The van der Waals surface area contributed by atoms with Gasteiger partial charge >= 0.3 is 0 Å². The molecular formula is C14H25ClN2O. The normalized spacial score (nSPS) is 36.4. The third kappa shape index (κ3) is 2.53. The van der Waals surface area contributed by atoms with Crippen LogP contribution in [0.25, 0.3) is 0 Å². The summed E-state index contributed by atoms with van der Waals surface area (Å²) in [6.45, 7) is 0.874. The molecule has 0 saturated heterocycles. The van der Waals surface area contributed by atoms with E-state index < -0.39 is 5.54 Å². The molecule has 0 radical (unpaired) electrons. The van der Waals surface area contributed by atoms with Crippen LogP contribution in [-0.4, -0.2) is 18.0 Å². The van der Waals surface area contributed by atoms with Crippen LogP contribution >= 0.6 is 12.4 Å². The SMILES string of the molecule is Cl.NC1(C(=O)NCC2CC3CCC2C3)CCCC1. The summed E-state index contributed by atoms with van der Waals surface area (Å²) in [5, 5.41) is 3.13. The lowest BCUT2D eigenvalue weighted by atomic mass is 9.88. The Hall–Kier alpha value is -0.280. The summed E-state index contributed by atoms with van der Waals surface area (Å²) in [4.78, 5) is 12.1. The van der Waals surface area contributed by atoms with Gasteiger partial charge in [-0.3, -0.25) is 4.79 Å². The van der Waals surface area contributed by atoms with E-state index in [0.29, 0.717) is 0 Å². The number of carbonyl (C=O) groups is 1. The van der Waals surface area contributed by atoms with Crippen LogP contribution < -0.4 is 11.1 Å². The van der Waals surface area contributed by atoms with Gasteiger partial charge in [-0.2, -0.15) is 0 Å². The van der Waals surface area contributed by atoms with Gasteiger partial charge in [0.2, 0.25) is 5.91 Å². The Morgan fingerprint density at radius 3 is 2.50 bits per heavy atom. The number of amides is 1. The number of rotatable bonds is 3. The summed E-state index contributed by atoms with van der Waals surface area (Å²) in [6.07, 6.45) is 9.52. The maximum atomic E-state index is 12.1. The molecule has 3 nitrogen and oxygen atoms in total. The summed E-state index contributed by atoms with van der Waals surface area (Å²) < 4.78 is 0. The van der Waals surface area contributed by atoms with Gasteiger partial charge in [-0.05, 0) is 49.9 Å². The molecule has 0 aromatic carbocycles. The van der Waals surface area contributed by atoms with Gasteiger partial charge < -0.3 is 11.1 Å². The highest BCUT2D eigenvalue weighted by atomic mass is 35.5. The van der Waals surface area contributed by atoms with E-state index in [4.69, 9.17) is 5.73 Å². The van der Waals surface area contributed by atoms with E-state index in [9.17, 15) is 4.79 Å². The molecule has 104 valence electrons. The highest BCUT2D eigenvalue weighted by Gasteiger charge is 2.41. The predicted molar refractivity (Wildman–Crippen MR) is 74.6 cm³/mol. The molecule has 2 bridgehead atoms. The molecule has 18 heavy (non-hydrogen) atoms. The molecule has 3 aliphatic carbocycles. The summed E-state index contributed by atoms with van der Waals surface area (Å²) in [6, 6.07) is 0. The van der Waals surface area contributed by atoms with Crippen molar-refractivity contribution in [2.24, 2.45) is 23.5 Å². The summed E-state index contributed by atoms with van der Waals surface area (Å²) in [5.74, 6) is 2.69. The molecule has 4 heteroatoms. The third-order valence-corrected chi connectivity index (χ3v) is 5.36. The zero-order chi connectivity index (χ0) is 11.9. The molecule has 3 unspecified atom stereocenters. The minimum atomic E-state index is -0.544. The van der Waals surface area contributed by atoms with E-state index in [1.807, 2.05) is 0 Å². The molecule has 3 N–H and O–H groups in total. The Bertz CT molecular complexity index is 315. The Morgan fingerprint density at radius 1 is 1.22 bits per heavy atom. The second kappa shape index (κ2) is 5.38. The second-order valence-corrected chi connectivity index (χ2v) is 6.51. The van der Waals surface area contributed by atoms with E-state index in [-0.39, 0.29) is 18.3 Å². The molecule has 0 aromatic heterocycles. The molecule has 3 atom stereocenters. The highest BCUT2D eigenvalue weighted by molar-refractivity contribution is 5.86. The lowest BCUT2D eigenvalue weighted by molar-refractivity contribution is -0.126. The van der Waals surface area contributed by atoms with Gasteiger partial charge in [0.1, 0.15) is 0 Å². The number of halogens is 1. The molecule has 0 aromatic rings. The highest BCUT2D eigenvalue weighted by Crippen LogP contribution is 2.48. The third-order valence-electron chi connectivity index (χ3n) is 5.36. The van der Waals surface area contributed by atoms with E-state index in [0.717, 1.165) is 50.0 Å². The van der Waals surface area contributed by atoms with Crippen LogP contribution in [0.2, 0.25) is 0 Å². The Kier molecular flexibility index (Phi) is 4.22. The molecular weight excluding hydrogens is 248 g/mol. The van der Waals surface area contributed by atoms with Gasteiger partial charge in [-0.1, -0.05) is 19.3 Å². The Labute approximate surface area is 116 Å². The van der Waals surface area contributed by atoms with Crippen molar-refractivity contribution in [2.75, 3.05) is 6.54 Å². The Balaban J connectivity index is 0.00000120. The minimum Gasteiger partial charge on any atom is -0.354 e. The topological polar surface area (TPSA) is 55.1 Å². The smallest absolute Gasteiger partial charge is 0.240 e. The zero-order valence-electron chi connectivity index (χ0n) is 11.0. The monoisotopic (exact) mass is 272 g/mol. The van der Waals surface area contributed by atoms with E-state index >= 15 is 0 Å². The molecule has 3 fully saturated rings. The fourth-order valence-electron chi connectivity index (χ4n) is 4.26. The average molecular weight is 273 g/mol. The number of nitrogens with two attached hydrogens (primary N) is 1. The van der Waals surface area contributed by atoms with Crippen molar-refractivity contribution in [3.05, 3.63) is 0 Å². The van der Waals surface area contributed by atoms with Crippen molar-refractivity contribution in [1.82, 2.24) is 5.32 Å². The molecule has 3 rings (SSSR count). The van der Waals surface area contributed by atoms with Crippen LogP contribution in [0.1, 0.15) is 51.4 Å². The maximum absolute atomic E-state index is 12.1. The van der Waals surface area contributed by atoms with Gasteiger partial charge in [0.15, 0.2) is 0 Å². The molecule has 3 aliphatic rings. The van der Waals surface area contributed by atoms with Crippen LogP contribution in [0.4, 0.5) is 0 Å². The average Bonchev–Trinajstić information content (AvgIpc) is 3.01. The molecule has 0 spiro atoms. The van der Waals surface area contributed by atoms with Crippen molar-refractivity contribution < 1.29 is 4.79 Å². The predicted octanol–water partition coefficient (Wildman–Crippen LogP) is 2.23. The van der Waals surface area contributed by atoms with Crippen molar-refractivity contribution >= 4 is 18.3 Å². The first-order valence-electron chi connectivity index (χ1n) is 7.24. The van der Waals surface area contributed by atoms with Crippen molar-refractivity contribution in [1.29, 1.82) is 0 Å². The van der Waals surface area contributed by atoms with Gasteiger partial charge in [-0.15, -0.1) is 12.4 Å². The number of fused-ring (bicyclic) bond motifs is 2. The molecule has 0 heterocycles. The Morgan fingerprint density at radius 2 is 1.94 bits per heavy atom. The maximum Gasteiger partial charge on any atom is 0.240 e. The first kappa shape index (κ1) is 14.1. The van der Waals surface area contributed by atoms with Crippen LogP contribution in [0.3, 0.4) is 0 Å². The number of hydrogen-bond acceptors (Lipinski definition) is 2. The molecule has 1 amide bonds. The van der Waals surface area contributed by atoms with Crippen LogP contribution in [-0.2, 0) is 4.79 Å². The largest absolute Gasteiger partial charge is 0.354 e. The van der Waals surface area contributed by atoms with Gasteiger partial charge in [0.25, 0.3) is 0 Å². The van der Waals surface area contributed by atoms with Gasteiger partial charge in [0, 0.05) is 6.54 Å². The number of hydrogen-bond donors (Lipinski definition) is 2. The van der Waals surface area contributed by atoms with Crippen molar-refractivity contribution in [2.45, 2.75) is 56.9 Å². The second-order valence-electron chi connectivity index (χ2n) is 6.51.